The number of aryl methyl sites for hydroxylation is 1. The summed E-state index contributed by atoms with van der Waals surface area (Å²) >= 11 is 0. The molecule has 1 aromatic rings. The van der Waals surface area contributed by atoms with Gasteiger partial charge in [-0.25, -0.2) is 0 Å². The second-order valence-corrected chi connectivity index (χ2v) is 4.57. The molecular formula is C13H19N3O3. The first kappa shape index (κ1) is 15.1. The Bertz CT molecular complexity index is 496. The fraction of sp³-hybridized carbons (Fsp3) is 0.462. The maximum atomic E-state index is 12.1. The highest BCUT2D eigenvalue weighted by Crippen LogP contribution is 2.23. The van der Waals surface area contributed by atoms with E-state index in [0.29, 0.717) is 18.5 Å². The zero-order chi connectivity index (χ0) is 14.6. The van der Waals surface area contributed by atoms with Crippen molar-refractivity contribution in [2.24, 2.45) is 5.73 Å². The van der Waals surface area contributed by atoms with Crippen LogP contribution in [0.1, 0.15) is 32.3 Å². The van der Waals surface area contributed by atoms with Crippen LogP contribution >= 0.6 is 0 Å². The van der Waals surface area contributed by atoms with Gasteiger partial charge in [0.2, 0.25) is 5.91 Å². The Morgan fingerprint density at radius 3 is 2.47 bits per heavy atom. The molecule has 6 heteroatoms. The Morgan fingerprint density at radius 1 is 1.42 bits per heavy atom. The van der Waals surface area contributed by atoms with Crippen molar-refractivity contribution in [2.75, 3.05) is 5.32 Å². The highest BCUT2D eigenvalue weighted by molar-refractivity contribution is 5.98. The molecule has 0 saturated heterocycles. The molecule has 0 aromatic heterocycles. The standard InChI is InChI=1S/C13H19N3O3/c1-4-13(14,5-2)12(17)15-11-8-10(16(18)19)7-6-9(11)3/h6-8H,4-5,14H2,1-3H3,(H,15,17). The monoisotopic (exact) mass is 265 g/mol. The Labute approximate surface area is 112 Å². The number of nitro groups is 1. The van der Waals surface area contributed by atoms with E-state index in [2.05, 4.69) is 5.32 Å². The van der Waals surface area contributed by atoms with E-state index in [1.54, 1.807) is 13.0 Å². The summed E-state index contributed by atoms with van der Waals surface area (Å²) in [7, 11) is 0. The van der Waals surface area contributed by atoms with E-state index >= 15 is 0 Å². The number of hydrogen-bond acceptors (Lipinski definition) is 4. The Morgan fingerprint density at radius 2 is 2.00 bits per heavy atom. The molecule has 0 radical (unpaired) electrons. The van der Waals surface area contributed by atoms with Crippen LogP contribution < -0.4 is 11.1 Å². The van der Waals surface area contributed by atoms with Gasteiger partial charge in [-0.1, -0.05) is 19.9 Å². The van der Waals surface area contributed by atoms with Gasteiger partial charge >= 0.3 is 0 Å². The summed E-state index contributed by atoms with van der Waals surface area (Å²) in [6.07, 6.45) is 1.01. The van der Waals surface area contributed by atoms with Crippen molar-refractivity contribution >= 4 is 17.3 Å². The lowest BCUT2D eigenvalue weighted by atomic mass is 9.93. The van der Waals surface area contributed by atoms with Crippen LogP contribution in [0.5, 0.6) is 0 Å². The third-order valence-corrected chi connectivity index (χ3v) is 3.39. The van der Waals surface area contributed by atoms with Gasteiger partial charge in [-0.05, 0) is 25.3 Å². The molecule has 0 saturated carbocycles. The zero-order valence-electron chi connectivity index (χ0n) is 11.4. The van der Waals surface area contributed by atoms with Crippen LogP contribution in [-0.4, -0.2) is 16.4 Å². The van der Waals surface area contributed by atoms with Gasteiger partial charge in [0.05, 0.1) is 16.1 Å². The maximum absolute atomic E-state index is 12.1. The predicted molar refractivity (Wildman–Crippen MR) is 74.0 cm³/mol. The van der Waals surface area contributed by atoms with E-state index in [1.165, 1.54) is 12.1 Å². The van der Waals surface area contributed by atoms with Crippen molar-refractivity contribution < 1.29 is 9.72 Å². The van der Waals surface area contributed by atoms with Crippen LogP contribution in [0, 0.1) is 17.0 Å². The molecular weight excluding hydrogens is 246 g/mol. The number of nitrogens with one attached hydrogen (secondary N) is 1. The first-order chi connectivity index (χ1) is 8.84. The fourth-order valence-electron chi connectivity index (χ4n) is 1.68. The summed E-state index contributed by atoms with van der Waals surface area (Å²) in [5.74, 6) is -0.318. The topological polar surface area (TPSA) is 98.3 Å². The minimum atomic E-state index is -0.947. The van der Waals surface area contributed by atoms with E-state index in [0.717, 1.165) is 5.56 Å². The average Bonchev–Trinajstić information content (AvgIpc) is 2.39. The molecule has 0 aliphatic rings. The molecule has 6 nitrogen and oxygen atoms in total. The summed E-state index contributed by atoms with van der Waals surface area (Å²) in [6.45, 7) is 5.45. The smallest absolute Gasteiger partial charge is 0.271 e. The van der Waals surface area contributed by atoms with Crippen molar-refractivity contribution in [3.05, 3.63) is 33.9 Å². The summed E-state index contributed by atoms with van der Waals surface area (Å²) in [4.78, 5) is 22.4. The first-order valence-corrected chi connectivity index (χ1v) is 6.19. The largest absolute Gasteiger partial charge is 0.324 e. The quantitative estimate of drug-likeness (QED) is 0.630. The zero-order valence-corrected chi connectivity index (χ0v) is 11.4. The van der Waals surface area contributed by atoms with Crippen LogP contribution in [0.15, 0.2) is 18.2 Å². The number of benzene rings is 1. The van der Waals surface area contributed by atoms with E-state index < -0.39 is 10.5 Å². The Hall–Kier alpha value is -1.95. The number of amides is 1. The third-order valence-electron chi connectivity index (χ3n) is 3.39. The van der Waals surface area contributed by atoms with Crippen molar-refractivity contribution in [2.45, 2.75) is 39.2 Å². The molecule has 1 aromatic carbocycles. The van der Waals surface area contributed by atoms with Gasteiger partial charge in [0.15, 0.2) is 0 Å². The Kier molecular flexibility index (Phi) is 4.61. The normalized spacial score (nSPS) is 11.2. The first-order valence-electron chi connectivity index (χ1n) is 6.19. The van der Waals surface area contributed by atoms with Gasteiger partial charge in [0.1, 0.15) is 0 Å². The minimum absolute atomic E-state index is 0.0588. The lowest BCUT2D eigenvalue weighted by molar-refractivity contribution is -0.384. The van der Waals surface area contributed by atoms with Gasteiger partial charge in [-0.3, -0.25) is 14.9 Å². The lowest BCUT2D eigenvalue weighted by Crippen LogP contribution is -2.50. The van der Waals surface area contributed by atoms with Crippen LogP contribution in [0.3, 0.4) is 0 Å². The highest BCUT2D eigenvalue weighted by Gasteiger charge is 2.30. The number of nitrogens with two attached hydrogens (primary N) is 1. The lowest BCUT2D eigenvalue weighted by Gasteiger charge is -2.25. The van der Waals surface area contributed by atoms with Gasteiger partial charge in [0.25, 0.3) is 5.69 Å². The molecule has 0 aliphatic carbocycles. The van der Waals surface area contributed by atoms with E-state index in [9.17, 15) is 14.9 Å². The molecule has 0 unspecified atom stereocenters. The number of anilines is 1. The van der Waals surface area contributed by atoms with Crippen LogP contribution in [0.4, 0.5) is 11.4 Å². The molecule has 3 N–H and O–H groups in total. The highest BCUT2D eigenvalue weighted by atomic mass is 16.6. The SMILES string of the molecule is CCC(N)(CC)C(=O)Nc1cc([N+](=O)[O-])ccc1C. The molecule has 0 heterocycles. The number of carbonyl (C=O) groups is 1. The number of rotatable bonds is 5. The second kappa shape index (κ2) is 5.79. The summed E-state index contributed by atoms with van der Waals surface area (Å²) in [5, 5.41) is 13.4. The van der Waals surface area contributed by atoms with E-state index in [-0.39, 0.29) is 11.6 Å². The molecule has 1 amide bonds. The van der Waals surface area contributed by atoms with Crippen LogP contribution in [0.2, 0.25) is 0 Å². The average molecular weight is 265 g/mol. The van der Waals surface area contributed by atoms with Crippen molar-refractivity contribution in [1.82, 2.24) is 0 Å². The second-order valence-electron chi connectivity index (χ2n) is 4.57. The molecule has 0 bridgehead atoms. The molecule has 0 aliphatic heterocycles. The van der Waals surface area contributed by atoms with Crippen LogP contribution in [-0.2, 0) is 4.79 Å². The maximum Gasteiger partial charge on any atom is 0.271 e. The van der Waals surface area contributed by atoms with Gasteiger partial charge in [-0.15, -0.1) is 0 Å². The number of carbonyl (C=O) groups excluding carboxylic acids is 1. The molecule has 104 valence electrons. The summed E-state index contributed by atoms with van der Waals surface area (Å²) < 4.78 is 0. The summed E-state index contributed by atoms with van der Waals surface area (Å²) in [5.41, 5.74) is 6.17. The molecule has 0 atom stereocenters. The molecule has 1 rings (SSSR count). The fourth-order valence-corrected chi connectivity index (χ4v) is 1.68. The molecule has 0 spiro atoms. The molecule has 0 fully saturated rings. The number of nitro benzene ring substituents is 1. The predicted octanol–water partition coefficient (Wildman–Crippen LogP) is 2.36. The summed E-state index contributed by atoms with van der Waals surface area (Å²) in [6, 6.07) is 4.35. The molecule has 19 heavy (non-hydrogen) atoms. The van der Waals surface area contributed by atoms with Gasteiger partial charge < -0.3 is 11.1 Å². The van der Waals surface area contributed by atoms with Crippen molar-refractivity contribution in [1.29, 1.82) is 0 Å². The number of nitrogens with zero attached hydrogens (tertiary/aromatic N) is 1. The Balaban J connectivity index is 3.02. The number of hydrogen-bond donors (Lipinski definition) is 2. The minimum Gasteiger partial charge on any atom is -0.324 e. The van der Waals surface area contributed by atoms with Crippen LogP contribution in [0.25, 0.3) is 0 Å². The van der Waals surface area contributed by atoms with Crippen molar-refractivity contribution in [3.8, 4) is 0 Å². The van der Waals surface area contributed by atoms with Gasteiger partial charge in [0, 0.05) is 12.1 Å². The van der Waals surface area contributed by atoms with Gasteiger partial charge in [-0.2, -0.15) is 0 Å². The van der Waals surface area contributed by atoms with Crippen molar-refractivity contribution in [3.63, 3.8) is 0 Å². The van der Waals surface area contributed by atoms with E-state index in [1.807, 2.05) is 13.8 Å². The number of non-ortho nitro benzene ring substituents is 1. The third kappa shape index (κ3) is 3.29. The van der Waals surface area contributed by atoms with E-state index in [4.69, 9.17) is 5.73 Å².